The summed E-state index contributed by atoms with van der Waals surface area (Å²) in [5.41, 5.74) is 4.14. The van der Waals surface area contributed by atoms with Gasteiger partial charge in [0.05, 0.1) is 19.9 Å². The highest BCUT2D eigenvalue weighted by molar-refractivity contribution is 9.10. The molecule has 0 aliphatic carbocycles. The largest absolute Gasteiger partial charge is 0.507 e. The molecule has 2 N–H and O–H groups in total. The summed E-state index contributed by atoms with van der Waals surface area (Å²) in [6.07, 6.45) is 3.07. The van der Waals surface area contributed by atoms with Crippen LogP contribution in [-0.2, 0) is 6.54 Å². The number of hydrogen-bond acceptors (Lipinski definition) is 5. The fourth-order valence-electron chi connectivity index (χ4n) is 2.33. The van der Waals surface area contributed by atoms with E-state index in [0.717, 1.165) is 10.0 Å². The fourth-order valence-corrected chi connectivity index (χ4v) is 2.59. The summed E-state index contributed by atoms with van der Waals surface area (Å²) in [5.74, 6) is 0.169. The second-order valence-corrected chi connectivity index (χ2v) is 6.56. The van der Waals surface area contributed by atoms with Crippen molar-refractivity contribution in [1.82, 2.24) is 15.2 Å². The Hall–Kier alpha value is -3.13. The van der Waals surface area contributed by atoms with Crippen molar-refractivity contribution < 1.29 is 14.6 Å². The molecule has 0 aliphatic heterocycles. The van der Waals surface area contributed by atoms with Gasteiger partial charge in [-0.15, -0.1) is 0 Å². The van der Waals surface area contributed by atoms with E-state index in [1.807, 2.05) is 24.3 Å². The summed E-state index contributed by atoms with van der Waals surface area (Å²) in [6, 6.07) is 14.2. The Morgan fingerprint density at radius 3 is 2.81 bits per heavy atom. The van der Waals surface area contributed by atoms with Crippen LogP contribution in [0.5, 0.6) is 11.5 Å². The van der Waals surface area contributed by atoms with Crippen LogP contribution in [0.15, 0.2) is 64.3 Å². The average Bonchev–Trinajstić information content (AvgIpc) is 3.13. The van der Waals surface area contributed by atoms with Gasteiger partial charge < -0.3 is 9.84 Å². The van der Waals surface area contributed by atoms with Gasteiger partial charge >= 0.3 is 0 Å². The van der Waals surface area contributed by atoms with Crippen molar-refractivity contribution in [2.45, 2.75) is 6.54 Å². The molecular weight excluding hydrogens is 412 g/mol. The van der Waals surface area contributed by atoms with E-state index < -0.39 is 5.91 Å². The minimum absolute atomic E-state index is 0.0348. The van der Waals surface area contributed by atoms with Gasteiger partial charge in [0.15, 0.2) is 5.69 Å². The first kappa shape index (κ1) is 18.7. The first-order valence-electron chi connectivity index (χ1n) is 8.03. The molecule has 2 aromatic carbocycles. The smallest absolute Gasteiger partial charge is 0.291 e. The Bertz CT molecular complexity index is 967. The summed E-state index contributed by atoms with van der Waals surface area (Å²) in [6.45, 7) is 0.557. The van der Waals surface area contributed by atoms with Crippen molar-refractivity contribution in [3.05, 3.63) is 76.0 Å². The van der Waals surface area contributed by atoms with Gasteiger partial charge in [0.25, 0.3) is 5.91 Å². The van der Waals surface area contributed by atoms with Gasteiger partial charge in [0, 0.05) is 16.2 Å². The van der Waals surface area contributed by atoms with Crippen LogP contribution in [0.4, 0.5) is 0 Å². The highest BCUT2D eigenvalue weighted by Crippen LogP contribution is 2.21. The highest BCUT2D eigenvalue weighted by atomic mass is 79.9. The fraction of sp³-hybridized carbons (Fsp3) is 0.105. The van der Waals surface area contributed by atoms with E-state index in [2.05, 4.69) is 31.6 Å². The Balaban J connectivity index is 1.62. The number of nitrogens with zero attached hydrogens (tertiary/aromatic N) is 3. The van der Waals surface area contributed by atoms with Gasteiger partial charge in [0.1, 0.15) is 11.5 Å². The monoisotopic (exact) mass is 428 g/mol. The highest BCUT2D eigenvalue weighted by Gasteiger charge is 2.09. The van der Waals surface area contributed by atoms with Gasteiger partial charge in [-0.3, -0.25) is 9.48 Å². The summed E-state index contributed by atoms with van der Waals surface area (Å²) in [5, 5.41) is 17.9. The zero-order valence-electron chi connectivity index (χ0n) is 14.5. The standard InChI is InChI=1S/C19H17BrN4O3/c1-27-16-6-7-18(25)14(10-16)11-21-22-19(26)17-8-9-24(23-17)12-13-2-4-15(20)5-3-13/h2-11,25H,12H2,1H3,(H,22,26). The van der Waals surface area contributed by atoms with Crippen LogP contribution in [0.1, 0.15) is 21.6 Å². The van der Waals surface area contributed by atoms with Crippen molar-refractivity contribution in [2.24, 2.45) is 5.10 Å². The van der Waals surface area contributed by atoms with E-state index in [9.17, 15) is 9.90 Å². The number of halogens is 1. The number of phenolic OH excluding ortho intramolecular Hbond substituents is 1. The van der Waals surface area contributed by atoms with Gasteiger partial charge in [-0.1, -0.05) is 28.1 Å². The SMILES string of the molecule is COc1ccc(O)c(C=NNC(=O)c2ccn(Cc3ccc(Br)cc3)n2)c1. The minimum Gasteiger partial charge on any atom is -0.507 e. The van der Waals surface area contributed by atoms with Gasteiger partial charge in [0.2, 0.25) is 0 Å². The molecule has 138 valence electrons. The molecule has 0 saturated carbocycles. The van der Waals surface area contributed by atoms with E-state index in [4.69, 9.17) is 4.74 Å². The number of amides is 1. The van der Waals surface area contributed by atoms with Gasteiger partial charge in [-0.25, -0.2) is 5.43 Å². The third-order valence-electron chi connectivity index (χ3n) is 3.74. The van der Waals surface area contributed by atoms with E-state index >= 15 is 0 Å². The molecule has 0 radical (unpaired) electrons. The number of aromatic hydroxyl groups is 1. The lowest BCUT2D eigenvalue weighted by atomic mass is 10.2. The van der Waals surface area contributed by atoms with E-state index in [1.165, 1.54) is 19.4 Å². The van der Waals surface area contributed by atoms with Crippen LogP contribution in [-0.4, -0.2) is 34.1 Å². The third kappa shape index (κ3) is 4.95. The maximum atomic E-state index is 12.2. The molecule has 0 spiro atoms. The molecule has 1 aromatic heterocycles. The molecule has 0 aliphatic rings. The third-order valence-corrected chi connectivity index (χ3v) is 4.26. The summed E-state index contributed by atoms with van der Waals surface area (Å²) >= 11 is 3.40. The second kappa shape index (κ2) is 8.50. The molecule has 7 nitrogen and oxygen atoms in total. The molecule has 0 fully saturated rings. The maximum Gasteiger partial charge on any atom is 0.291 e. The summed E-state index contributed by atoms with van der Waals surface area (Å²) < 4.78 is 7.77. The molecule has 0 saturated heterocycles. The molecule has 1 amide bonds. The number of nitrogens with one attached hydrogen (secondary N) is 1. The van der Waals surface area contributed by atoms with Crippen LogP contribution in [0.25, 0.3) is 0 Å². The maximum absolute atomic E-state index is 12.2. The lowest BCUT2D eigenvalue weighted by Crippen LogP contribution is -2.18. The van der Waals surface area contributed by atoms with Crippen LogP contribution < -0.4 is 10.2 Å². The molecule has 8 heteroatoms. The Labute approximate surface area is 164 Å². The molecular formula is C19H17BrN4O3. The molecule has 3 rings (SSSR count). The van der Waals surface area contributed by atoms with Crippen LogP contribution >= 0.6 is 15.9 Å². The van der Waals surface area contributed by atoms with Crippen molar-refractivity contribution >= 4 is 28.1 Å². The van der Waals surface area contributed by atoms with Gasteiger partial charge in [-0.05, 0) is 42.0 Å². The zero-order valence-corrected chi connectivity index (χ0v) is 16.0. The van der Waals surface area contributed by atoms with E-state index in [0.29, 0.717) is 17.9 Å². The molecule has 0 bridgehead atoms. The number of rotatable bonds is 6. The Kier molecular flexibility index (Phi) is 5.87. The van der Waals surface area contributed by atoms with Crippen molar-refractivity contribution in [3.63, 3.8) is 0 Å². The van der Waals surface area contributed by atoms with Crippen molar-refractivity contribution in [2.75, 3.05) is 7.11 Å². The van der Waals surface area contributed by atoms with Crippen LogP contribution in [0.3, 0.4) is 0 Å². The number of hydrogen-bond donors (Lipinski definition) is 2. The van der Waals surface area contributed by atoms with E-state index in [1.54, 1.807) is 29.1 Å². The molecule has 0 unspecified atom stereocenters. The lowest BCUT2D eigenvalue weighted by molar-refractivity contribution is 0.0949. The first-order chi connectivity index (χ1) is 13.0. The normalized spacial score (nSPS) is 10.9. The molecule has 1 heterocycles. The molecule has 0 atom stereocenters. The number of methoxy groups -OCH3 is 1. The second-order valence-electron chi connectivity index (χ2n) is 5.65. The number of benzene rings is 2. The molecule has 3 aromatic rings. The predicted octanol–water partition coefficient (Wildman–Crippen LogP) is 3.17. The zero-order chi connectivity index (χ0) is 19.2. The molecule has 27 heavy (non-hydrogen) atoms. The number of carbonyl (C=O) groups excluding carboxylic acids is 1. The first-order valence-corrected chi connectivity index (χ1v) is 8.83. The van der Waals surface area contributed by atoms with E-state index in [-0.39, 0.29) is 11.4 Å². The predicted molar refractivity (Wildman–Crippen MR) is 105 cm³/mol. The van der Waals surface area contributed by atoms with Crippen molar-refractivity contribution in [3.8, 4) is 11.5 Å². The number of hydrazone groups is 1. The Morgan fingerprint density at radius 2 is 2.07 bits per heavy atom. The van der Waals surface area contributed by atoms with Crippen LogP contribution in [0.2, 0.25) is 0 Å². The summed E-state index contributed by atoms with van der Waals surface area (Å²) in [7, 11) is 1.53. The number of aromatic nitrogens is 2. The Morgan fingerprint density at radius 1 is 1.30 bits per heavy atom. The topological polar surface area (TPSA) is 88.7 Å². The number of ether oxygens (including phenoxy) is 1. The summed E-state index contributed by atoms with van der Waals surface area (Å²) in [4.78, 5) is 12.2. The average molecular weight is 429 g/mol. The lowest BCUT2D eigenvalue weighted by Gasteiger charge is -2.03. The number of carbonyl (C=O) groups is 1. The quantitative estimate of drug-likeness (QED) is 0.466. The van der Waals surface area contributed by atoms with Crippen molar-refractivity contribution in [1.29, 1.82) is 0 Å². The van der Waals surface area contributed by atoms with Crippen LogP contribution in [0, 0.1) is 0 Å². The van der Waals surface area contributed by atoms with Gasteiger partial charge in [-0.2, -0.15) is 10.2 Å². The number of phenols is 1. The minimum atomic E-state index is -0.441.